The van der Waals surface area contributed by atoms with E-state index in [1.807, 2.05) is 6.07 Å². The van der Waals surface area contributed by atoms with Gasteiger partial charge in [-0.3, -0.25) is 4.90 Å². The van der Waals surface area contributed by atoms with Crippen LogP contribution in [0.5, 0.6) is 5.75 Å². The number of methoxy groups -OCH3 is 1. The van der Waals surface area contributed by atoms with E-state index in [0.29, 0.717) is 11.3 Å². The highest BCUT2D eigenvalue weighted by atomic mass is 79.9. The molecule has 0 spiro atoms. The second-order valence-electron chi connectivity index (χ2n) is 6.04. The molecule has 1 aromatic rings. The fourth-order valence-electron chi connectivity index (χ4n) is 2.73. The van der Waals surface area contributed by atoms with Crippen LogP contribution >= 0.6 is 27.7 Å². The molecule has 1 fully saturated rings. The molecular formula is C16H25BrN2OS. The van der Waals surface area contributed by atoms with Gasteiger partial charge >= 0.3 is 0 Å². The van der Waals surface area contributed by atoms with E-state index in [1.165, 1.54) is 17.7 Å². The Balaban J connectivity index is 2.17. The molecule has 1 aromatic carbocycles. The van der Waals surface area contributed by atoms with Crippen LogP contribution in [0, 0.1) is 0 Å². The standard InChI is InChI=1S/C16H25BrN2OS/c1-16(2)6-7-19(8-9-21-16)14(11-18)12-4-5-15(20-3)13(17)10-12/h4-5,10,14H,6-9,11,18H2,1-3H3. The van der Waals surface area contributed by atoms with Gasteiger partial charge in [0.2, 0.25) is 0 Å². The minimum Gasteiger partial charge on any atom is -0.496 e. The van der Waals surface area contributed by atoms with Crippen LogP contribution in [-0.2, 0) is 0 Å². The number of nitrogens with zero attached hydrogens (tertiary/aromatic N) is 1. The summed E-state index contributed by atoms with van der Waals surface area (Å²) >= 11 is 5.64. The normalized spacial score (nSPS) is 20.8. The maximum absolute atomic E-state index is 6.08. The third-order valence-electron chi connectivity index (χ3n) is 4.10. The molecule has 0 radical (unpaired) electrons. The number of hydrogen-bond donors (Lipinski definition) is 1. The van der Waals surface area contributed by atoms with Gasteiger partial charge in [0.15, 0.2) is 0 Å². The number of rotatable bonds is 4. The van der Waals surface area contributed by atoms with Crippen LogP contribution in [0.2, 0.25) is 0 Å². The van der Waals surface area contributed by atoms with Crippen LogP contribution in [0.4, 0.5) is 0 Å². The van der Waals surface area contributed by atoms with Crippen molar-refractivity contribution < 1.29 is 4.74 Å². The molecule has 5 heteroatoms. The lowest BCUT2D eigenvalue weighted by Gasteiger charge is -2.30. The van der Waals surface area contributed by atoms with Crippen molar-refractivity contribution in [3.05, 3.63) is 28.2 Å². The van der Waals surface area contributed by atoms with E-state index in [1.54, 1.807) is 7.11 Å². The van der Waals surface area contributed by atoms with Crippen LogP contribution in [0.3, 0.4) is 0 Å². The highest BCUT2D eigenvalue weighted by Crippen LogP contribution is 2.35. The lowest BCUT2D eigenvalue weighted by molar-refractivity contribution is 0.210. The lowest BCUT2D eigenvalue weighted by Crippen LogP contribution is -2.36. The summed E-state index contributed by atoms with van der Waals surface area (Å²) in [5.74, 6) is 2.03. The summed E-state index contributed by atoms with van der Waals surface area (Å²) in [6.45, 7) is 7.51. The molecule has 1 aliphatic heterocycles. The predicted molar refractivity (Wildman–Crippen MR) is 95.2 cm³/mol. The maximum Gasteiger partial charge on any atom is 0.133 e. The van der Waals surface area contributed by atoms with Gasteiger partial charge in [-0.15, -0.1) is 0 Å². The summed E-state index contributed by atoms with van der Waals surface area (Å²) < 4.78 is 6.67. The molecule has 3 nitrogen and oxygen atoms in total. The monoisotopic (exact) mass is 372 g/mol. The molecule has 1 saturated heterocycles. The largest absolute Gasteiger partial charge is 0.496 e. The molecule has 0 bridgehead atoms. The van der Waals surface area contributed by atoms with E-state index in [4.69, 9.17) is 10.5 Å². The molecule has 1 unspecified atom stereocenters. The van der Waals surface area contributed by atoms with E-state index in [2.05, 4.69) is 58.6 Å². The zero-order valence-corrected chi connectivity index (χ0v) is 15.5. The Morgan fingerprint density at radius 3 is 2.81 bits per heavy atom. The Labute approximate surface area is 140 Å². The lowest BCUT2D eigenvalue weighted by atomic mass is 10.0. The highest BCUT2D eigenvalue weighted by molar-refractivity contribution is 9.10. The van der Waals surface area contributed by atoms with Crippen molar-refractivity contribution in [1.82, 2.24) is 4.90 Å². The molecule has 0 saturated carbocycles. The van der Waals surface area contributed by atoms with Crippen LogP contribution in [0.1, 0.15) is 31.9 Å². The molecule has 21 heavy (non-hydrogen) atoms. The number of ether oxygens (including phenoxy) is 1. The smallest absolute Gasteiger partial charge is 0.133 e. The quantitative estimate of drug-likeness (QED) is 0.874. The molecule has 2 N–H and O–H groups in total. The van der Waals surface area contributed by atoms with Gasteiger partial charge in [0.1, 0.15) is 5.75 Å². The summed E-state index contributed by atoms with van der Waals surface area (Å²) in [7, 11) is 1.69. The summed E-state index contributed by atoms with van der Waals surface area (Å²) in [5.41, 5.74) is 7.34. The van der Waals surface area contributed by atoms with Gasteiger partial charge in [-0.2, -0.15) is 11.8 Å². The van der Waals surface area contributed by atoms with Gasteiger partial charge in [-0.05, 0) is 40.0 Å². The van der Waals surface area contributed by atoms with Gasteiger partial charge in [-0.1, -0.05) is 19.9 Å². The number of halogens is 1. The first-order chi connectivity index (χ1) is 9.96. The van der Waals surface area contributed by atoms with Crippen LogP contribution in [-0.4, -0.2) is 42.1 Å². The van der Waals surface area contributed by atoms with Gasteiger partial charge in [0, 0.05) is 36.2 Å². The maximum atomic E-state index is 6.08. The van der Waals surface area contributed by atoms with Gasteiger partial charge in [0.25, 0.3) is 0 Å². The summed E-state index contributed by atoms with van der Waals surface area (Å²) in [4.78, 5) is 2.52. The van der Waals surface area contributed by atoms with E-state index >= 15 is 0 Å². The van der Waals surface area contributed by atoms with Crippen molar-refractivity contribution in [1.29, 1.82) is 0 Å². The van der Waals surface area contributed by atoms with E-state index < -0.39 is 0 Å². The number of nitrogens with two attached hydrogens (primary N) is 1. The molecule has 1 atom stereocenters. The van der Waals surface area contributed by atoms with Crippen LogP contribution < -0.4 is 10.5 Å². The fourth-order valence-corrected chi connectivity index (χ4v) is 4.41. The number of thioether (sulfide) groups is 1. The van der Waals surface area contributed by atoms with Crippen molar-refractivity contribution in [2.75, 3.05) is 32.5 Å². The SMILES string of the molecule is COc1ccc(C(CN)N2CCSC(C)(C)CC2)cc1Br. The average molecular weight is 373 g/mol. The Morgan fingerprint density at radius 1 is 1.43 bits per heavy atom. The molecule has 0 aromatic heterocycles. The second-order valence-corrected chi connectivity index (χ2v) is 8.70. The number of benzene rings is 1. The average Bonchev–Trinajstić information content (AvgIpc) is 2.61. The van der Waals surface area contributed by atoms with Gasteiger partial charge in [0.05, 0.1) is 11.6 Å². The molecule has 1 heterocycles. The van der Waals surface area contributed by atoms with E-state index in [9.17, 15) is 0 Å². The van der Waals surface area contributed by atoms with Crippen molar-refractivity contribution >= 4 is 27.7 Å². The first-order valence-electron chi connectivity index (χ1n) is 7.38. The van der Waals surface area contributed by atoms with Crippen LogP contribution in [0.25, 0.3) is 0 Å². The summed E-state index contributed by atoms with van der Waals surface area (Å²) in [6, 6.07) is 6.56. The van der Waals surface area contributed by atoms with Crippen molar-refractivity contribution in [2.24, 2.45) is 5.73 Å². The van der Waals surface area contributed by atoms with Gasteiger partial charge in [-0.25, -0.2) is 0 Å². The second kappa shape index (κ2) is 7.36. The number of hydrogen-bond acceptors (Lipinski definition) is 4. The predicted octanol–water partition coefficient (Wildman–Crippen LogP) is 3.68. The molecule has 2 rings (SSSR count). The molecule has 1 aliphatic rings. The fraction of sp³-hybridized carbons (Fsp3) is 0.625. The summed E-state index contributed by atoms with van der Waals surface area (Å²) in [6.07, 6.45) is 1.20. The Morgan fingerprint density at radius 2 is 2.19 bits per heavy atom. The van der Waals surface area contributed by atoms with Crippen molar-refractivity contribution in [3.8, 4) is 5.75 Å². The zero-order valence-electron chi connectivity index (χ0n) is 13.1. The zero-order chi connectivity index (χ0) is 15.5. The third kappa shape index (κ3) is 4.38. The van der Waals surface area contributed by atoms with Gasteiger partial charge < -0.3 is 10.5 Å². The molecule has 118 valence electrons. The first kappa shape index (κ1) is 17.1. The summed E-state index contributed by atoms with van der Waals surface area (Å²) in [5, 5.41) is 0. The molecule has 0 amide bonds. The van der Waals surface area contributed by atoms with Crippen molar-refractivity contribution in [3.63, 3.8) is 0 Å². The topological polar surface area (TPSA) is 38.5 Å². The Hall–Kier alpha value is -0.230. The Kier molecular flexibility index (Phi) is 6.00. The Bertz CT molecular complexity index is 481. The van der Waals surface area contributed by atoms with E-state index in [0.717, 1.165) is 23.3 Å². The van der Waals surface area contributed by atoms with Crippen molar-refractivity contribution in [2.45, 2.75) is 31.1 Å². The first-order valence-corrected chi connectivity index (χ1v) is 9.16. The minimum atomic E-state index is 0.279. The highest BCUT2D eigenvalue weighted by Gasteiger charge is 2.27. The molecule has 0 aliphatic carbocycles. The van der Waals surface area contributed by atoms with E-state index in [-0.39, 0.29) is 6.04 Å². The minimum absolute atomic E-state index is 0.279. The molecular weight excluding hydrogens is 348 g/mol. The van der Waals surface area contributed by atoms with Crippen LogP contribution in [0.15, 0.2) is 22.7 Å². The third-order valence-corrected chi connectivity index (χ3v) is 6.09.